The predicted octanol–water partition coefficient (Wildman–Crippen LogP) is 3.91. The second kappa shape index (κ2) is 7.75. The molecule has 1 aromatic carbocycles. The highest BCUT2D eigenvalue weighted by atomic mass is 35.5. The van der Waals surface area contributed by atoms with E-state index in [1.807, 2.05) is 0 Å². The molecule has 2 aliphatic rings. The zero-order chi connectivity index (χ0) is 21.4. The van der Waals surface area contributed by atoms with E-state index in [1.165, 1.54) is 30.3 Å². The fourth-order valence-electron chi connectivity index (χ4n) is 3.70. The molecule has 0 spiro atoms. The second-order valence-corrected chi connectivity index (χ2v) is 7.46. The first-order valence-electron chi connectivity index (χ1n) is 9.30. The number of nitrogens with zero attached hydrogens (tertiary/aromatic N) is 2. The van der Waals surface area contributed by atoms with Crippen molar-refractivity contribution in [3.63, 3.8) is 0 Å². The Balaban J connectivity index is 1.63. The SMILES string of the molecule is O=C1NC(=O)N(C2CCCC2)C(=O)/C1=C\c1ccc(-c2ccc([N+](=O)[O-])cc2Cl)o1. The molecule has 30 heavy (non-hydrogen) atoms. The van der Waals surface area contributed by atoms with E-state index in [0.29, 0.717) is 24.2 Å². The number of imide groups is 2. The van der Waals surface area contributed by atoms with E-state index in [4.69, 9.17) is 16.0 Å². The Hall–Kier alpha value is -3.46. The van der Waals surface area contributed by atoms with Crippen LogP contribution in [0.4, 0.5) is 10.5 Å². The Kier molecular flexibility index (Phi) is 5.13. The van der Waals surface area contributed by atoms with E-state index in [0.717, 1.165) is 17.7 Å². The van der Waals surface area contributed by atoms with Gasteiger partial charge in [-0.05, 0) is 37.1 Å². The van der Waals surface area contributed by atoms with Crippen molar-refractivity contribution in [2.75, 3.05) is 0 Å². The van der Waals surface area contributed by atoms with Crippen molar-refractivity contribution in [1.29, 1.82) is 0 Å². The number of rotatable bonds is 4. The van der Waals surface area contributed by atoms with Gasteiger partial charge in [-0.3, -0.25) is 29.9 Å². The highest BCUT2D eigenvalue weighted by Crippen LogP contribution is 2.33. The smallest absolute Gasteiger partial charge is 0.331 e. The molecule has 1 aliphatic heterocycles. The molecule has 2 fully saturated rings. The second-order valence-electron chi connectivity index (χ2n) is 7.05. The van der Waals surface area contributed by atoms with Gasteiger partial charge in [-0.15, -0.1) is 0 Å². The fourth-order valence-corrected chi connectivity index (χ4v) is 3.97. The van der Waals surface area contributed by atoms with Crippen molar-refractivity contribution in [3.8, 4) is 11.3 Å². The molecule has 1 saturated carbocycles. The molecule has 4 rings (SSSR count). The van der Waals surface area contributed by atoms with Gasteiger partial charge < -0.3 is 4.42 Å². The van der Waals surface area contributed by atoms with E-state index in [-0.39, 0.29) is 28.1 Å². The molecule has 0 radical (unpaired) electrons. The molecule has 154 valence electrons. The van der Waals surface area contributed by atoms with Gasteiger partial charge in [0.2, 0.25) is 0 Å². The third-order valence-corrected chi connectivity index (χ3v) is 5.48. The molecule has 0 bridgehead atoms. The lowest BCUT2D eigenvalue weighted by Crippen LogP contribution is -2.57. The number of nitro groups is 1. The van der Waals surface area contributed by atoms with Gasteiger partial charge in [-0.25, -0.2) is 4.79 Å². The minimum Gasteiger partial charge on any atom is -0.457 e. The normalized spacial score (nSPS) is 18.9. The first-order chi connectivity index (χ1) is 14.3. The van der Waals surface area contributed by atoms with Crippen LogP contribution < -0.4 is 5.32 Å². The number of carbonyl (C=O) groups excluding carboxylic acids is 3. The Morgan fingerprint density at radius 2 is 1.90 bits per heavy atom. The first-order valence-corrected chi connectivity index (χ1v) is 9.67. The number of nitro benzene ring substituents is 1. The number of carbonyl (C=O) groups is 3. The number of benzene rings is 1. The molecule has 2 heterocycles. The third-order valence-electron chi connectivity index (χ3n) is 5.17. The quantitative estimate of drug-likeness (QED) is 0.340. The highest BCUT2D eigenvalue weighted by molar-refractivity contribution is 6.33. The zero-order valence-corrected chi connectivity index (χ0v) is 16.3. The Morgan fingerprint density at radius 3 is 2.57 bits per heavy atom. The van der Waals surface area contributed by atoms with E-state index in [1.54, 1.807) is 6.07 Å². The lowest BCUT2D eigenvalue weighted by atomic mass is 10.1. The summed E-state index contributed by atoms with van der Waals surface area (Å²) in [7, 11) is 0. The number of hydrogen-bond acceptors (Lipinski definition) is 6. The molecule has 1 N–H and O–H groups in total. The molecule has 1 aliphatic carbocycles. The van der Waals surface area contributed by atoms with E-state index in [9.17, 15) is 24.5 Å². The van der Waals surface area contributed by atoms with Crippen LogP contribution in [0.5, 0.6) is 0 Å². The number of furan rings is 1. The van der Waals surface area contributed by atoms with Gasteiger partial charge in [0.05, 0.1) is 9.95 Å². The maximum Gasteiger partial charge on any atom is 0.331 e. The lowest BCUT2D eigenvalue weighted by molar-refractivity contribution is -0.384. The van der Waals surface area contributed by atoms with Crippen molar-refractivity contribution >= 4 is 41.2 Å². The predicted molar refractivity (Wildman–Crippen MR) is 106 cm³/mol. The molecular weight excluding hydrogens is 414 g/mol. The summed E-state index contributed by atoms with van der Waals surface area (Å²) in [6.45, 7) is 0. The lowest BCUT2D eigenvalue weighted by Gasteiger charge is -2.30. The van der Waals surface area contributed by atoms with Crippen LogP contribution in [0.15, 0.2) is 40.3 Å². The van der Waals surface area contributed by atoms with Crippen LogP contribution in [0.2, 0.25) is 5.02 Å². The molecular formula is C20H16ClN3O6. The van der Waals surface area contributed by atoms with E-state index < -0.39 is 22.8 Å². The average Bonchev–Trinajstić information content (AvgIpc) is 3.37. The maximum atomic E-state index is 12.8. The molecule has 1 saturated heterocycles. The molecule has 0 unspecified atom stereocenters. The number of barbiturate groups is 1. The summed E-state index contributed by atoms with van der Waals surface area (Å²) in [6, 6.07) is 6.15. The standard InChI is InChI=1S/C20H16ClN3O6/c21-16-9-12(24(28)29)5-7-14(16)17-8-6-13(30-17)10-15-18(25)22-20(27)23(19(15)26)11-3-1-2-4-11/h5-11H,1-4H2,(H,22,25,27)/b15-10-. The summed E-state index contributed by atoms with van der Waals surface area (Å²) in [5.74, 6) is -0.916. The van der Waals surface area contributed by atoms with Crippen molar-refractivity contribution in [2.45, 2.75) is 31.7 Å². The molecule has 9 nitrogen and oxygen atoms in total. The van der Waals surface area contributed by atoms with Crippen LogP contribution in [0, 0.1) is 10.1 Å². The monoisotopic (exact) mass is 429 g/mol. The van der Waals surface area contributed by atoms with Crippen molar-refractivity contribution < 1.29 is 23.7 Å². The summed E-state index contributed by atoms with van der Waals surface area (Å²) in [6.07, 6.45) is 4.54. The number of amides is 4. The fraction of sp³-hybridized carbons (Fsp3) is 0.250. The van der Waals surface area contributed by atoms with Crippen LogP contribution >= 0.6 is 11.6 Å². The topological polar surface area (TPSA) is 123 Å². The van der Waals surface area contributed by atoms with Gasteiger partial charge in [-0.1, -0.05) is 24.4 Å². The minimum atomic E-state index is -0.787. The highest BCUT2D eigenvalue weighted by Gasteiger charge is 2.40. The number of non-ortho nitro benzene ring substituents is 1. The van der Waals surface area contributed by atoms with Crippen LogP contribution in [-0.4, -0.2) is 33.7 Å². The zero-order valence-electron chi connectivity index (χ0n) is 15.6. The van der Waals surface area contributed by atoms with E-state index in [2.05, 4.69) is 5.32 Å². The third kappa shape index (κ3) is 3.59. The van der Waals surface area contributed by atoms with Crippen molar-refractivity contribution in [1.82, 2.24) is 10.2 Å². The minimum absolute atomic E-state index is 0.127. The van der Waals surface area contributed by atoms with Crippen LogP contribution in [-0.2, 0) is 9.59 Å². The molecule has 10 heteroatoms. The van der Waals surface area contributed by atoms with Crippen molar-refractivity contribution in [2.24, 2.45) is 0 Å². The summed E-state index contributed by atoms with van der Waals surface area (Å²) in [4.78, 5) is 48.6. The van der Waals surface area contributed by atoms with Gasteiger partial charge in [-0.2, -0.15) is 0 Å². The number of halogens is 1. The van der Waals surface area contributed by atoms with Gasteiger partial charge in [0.1, 0.15) is 17.1 Å². The average molecular weight is 430 g/mol. The Morgan fingerprint density at radius 1 is 1.17 bits per heavy atom. The van der Waals surface area contributed by atoms with Gasteiger partial charge in [0.15, 0.2) is 0 Å². The first kappa shape index (κ1) is 19.8. The molecule has 4 amide bonds. The van der Waals surface area contributed by atoms with Gasteiger partial charge >= 0.3 is 6.03 Å². The molecule has 2 aromatic rings. The summed E-state index contributed by atoms with van der Waals surface area (Å²) >= 11 is 6.12. The molecule has 0 atom stereocenters. The summed E-state index contributed by atoms with van der Waals surface area (Å²) < 4.78 is 5.67. The number of hydrogen-bond donors (Lipinski definition) is 1. The Labute approximate surface area is 175 Å². The molecule has 1 aromatic heterocycles. The summed E-state index contributed by atoms with van der Waals surface area (Å²) in [5, 5.41) is 13.2. The maximum absolute atomic E-state index is 12.8. The summed E-state index contributed by atoms with van der Waals surface area (Å²) in [5.41, 5.74) is 0.0742. The van der Waals surface area contributed by atoms with Crippen LogP contribution in [0.25, 0.3) is 17.4 Å². The Bertz CT molecular complexity index is 1100. The van der Waals surface area contributed by atoms with Crippen molar-refractivity contribution in [3.05, 3.63) is 56.8 Å². The largest absolute Gasteiger partial charge is 0.457 e. The van der Waals surface area contributed by atoms with Gasteiger partial charge in [0, 0.05) is 23.7 Å². The van der Waals surface area contributed by atoms with E-state index >= 15 is 0 Å². The number of urea groups is 1. The van der Waals surface area contributed by atoms with Crippen LogP contribution in [0.1, 0.15) is 31.4 Å². The van der Waals surface area contributed by atoms with Crippen LogP contribution in [0.3, 0.4) is 0 Å². The van der Waals surface area contributed by atoms with Gasteiger partial charge in [0.25, 0.3) is 17.5 Å². The number of nitrogens with one attached hydrogen (secondary N) is 1.